The largest absolute Gasteiger partial charge is 0.348 e. The van der Waals surface area contributed by atoms with Gasteiger partial charge >= 0.3 is 0 Å². The number of likely N-dealkylation sites (N-methyl/N-ethyl adjacent to an activating group) is 1. The lowest BCUT2D eigenvalue weighted by atomic mass is 10.2. The van der Waals surface area contributed by atoms with Crippen LogP contribution in [0.1, 0.15) is 48.2 Å². The molecule has 1 amide bonds. The molecule has 0 N–H and O–H groups in total. The number of aromatic nitrogens is 3. The van der Waals surface area contributed by atoms with E-state index in [1.165, 1.54) is 0 Å². The fourth-order valence-electron chi connectivity index (χ4n) is 2.85. The number of hydrogen-bond acceptors (Lipinski definition) is 7. The van der Waals surface area contributed by atoms with Crippen LogP contribution < -0.4 is 0 Å². The van der Waals surface area contributed by atoms with E-state index in [9.17, 15) is 4.79 Å². The molecule has 3 heterocycles. The van der Waals surface area contributed by atoms with Crippen molar-refractivity contribution in [1.82, 2.24) is 24.9 Å². The van der Waals surface area contributed by atoms with Crippen LogP contribution in [0.2, 0.25) is 0 Å². The lowest BCUT2D eigenvalue weighted by molar-refractivity contribution is -0.127. The molecule has 0 bridgehead atoms. The number of thiazole rings is 1. The molecule has 2 aromatic rings. The number of nitrogens with zero attached hydrogens (tertiary/aromatic N) is 5. The number of rotatable bonds is 6. The van der Waals surface area contributed by atoms with Crippen molar-refractivity contribution >= 4 is 17.2 Å². The molecule has 0 radical (unpaired) electrons. The summed E-state index contributed by atoms with van der Waals surface area (Å²) >= 11 is 1.55. The van der Waals surface area contributed by atoms with Crippen molar-refractivity contribution in [2.45, 2.75) is 45.2 Å². The summed E-state index contributed by atoms with van der Waals surface area (Å²) in [5.41, 5.74) is 1.01. The van der Waals surface area contributed by atoms with Gasteiger partial charge in [-0.3, -0.25) is 9.69 Å². The van der Waals surface area contributed by atoms with Crippen LogP contribution in [0.5, 0.6) is 0 Å². The van der Waals surface area contributed by atoms with Crippen LogP contribution in [0.3, 0.4) is 0 Å². The van der Waals surface area contributed by atoms with Gasteiger partial charge in [0.2, 0.25) is 11.8 Å². The third-order valence-electron chi connectivity index (χ3n) is 4.21. The van der Waals surface area contributed by atoms with E-state index in [0.717, 1.165) is 48.9 Å². The van der Waals surface area contributed by atoms with Crippen molar-refractivity contribution in [3.8, 4) is 0 Å². The molecule has 1 fully saturated rings. The average molecular weight is 349 g/mol. The van der Waals surface area contributed by atoms with Gasteiger partial charge in [0.25, 0.3) is 0 Å². The predicted molar refractivity (Wildman–Crippen MR) is 90.6 cm³/mol. The first-order valence-electron chi connectivity index (χ1n) is 8.26. The first kappa shape index (κ1) is 17.0. The molecule has 3 rings (SSSR count). The quantitative estimate of drug-likeness (QED) is 0.794. The summed E-state index contributed by atoms with van der Waals surface area (Å²) in [6, 6.07) is 0.197. The first-order chi connectivity index (χ1) is 11.6. The van der Waals surface area contributed by atoms with Gasteiger partial charge < -0.3 is 9.42 Å². The van der Waals surface area contributed by atoms with Gasteiger partial charge in [-0.2, -0.15) is 4.98 Å². The van der Waals surface area contributed by atoms with E-state index >= 15 is 0 Å². The Morgan fingerprint density at radius 2 is 2.29 bits per heavy atom. The fourth-order valence-corrected chi connectivity index (χ4v) is 3.63. The van der Waals surface area contributed by atoms with Gasteiger partial charge in [-0.1, -0.05) is 12.1 Å². The third kappa shape index (κ3) is 3.81. The lowest BCUT2D eigenvalue weighted by Crippen LogP contribution is -2.24. The van der Waals surface area contributed by atoms with Crippen molar-refractivity contribution in [2.24, 2.45) is 0 Å². The molecule has 8 heteroatoms. The highest BCUT2D eigenvalue weighted by Gasteiger charge is 2.30. The topological polar surface area (TPSA) is 75.4 Å². The summed E-state index contributed by atoms with van der Waals surface area (Å²) in [6.45, 7) is 3.77. The second kappa shape index (κ2) is 7.40. The number of carbonyl (C=O) groups excluding carboxylic acids is 1. The standard InChI is InChI=1S/C16H23N5O2S/c1-4-13-18-16(19-23-13)12-6-5-7-21(12)9-11-10-24-14(17-11)8-15(22)20(2)3/h10,12H,4-9H2,1-3H3/t12-/m0/s1. The average Bonchev–Trinajstić information content (AvgIpc) is 3.28. The molecule has 0 aliphatic carbocycles. The number of hydrogen-bond donors (Lipinski definition) is 0. The van der Waals surface area contributed by atoms with Gasteiger partial charge in [0, 0.05) is 32.4 Å². The van der Waals surface area contributed by atoms with Crippen LogP contribution in [0.4, 0.5) is 0 Å². The smallest absolute Gasteiger partial charge is 0.228 e. The minimum atomic E-state index is 0.0776. The highest BCUT2D eigenvalue weighted by molar-refractivity contribution is 7.09. The minimum Gasteiger partial charge on any atom is -0.348 e. The second-order valence-electron chi connectivity index (χ2n) is 6.23. The summed E-state index contributed by atoms with van der Waals surface area (Å²) < 4.78 is 5.25. The van der Waals surface area contributed by atoms with Gasteiger partial charge in [0.05, 0.1) is 18.2 Å². The van der Waals surface area contributed by atoms with Crippen LogP contribution in [0.15, 0.2) is 9.90 Å². The van der Waals surface area contributed by atoms with Crippen molar-refractivity contribution in [3.63, 3.8) is 0 Å². The molecule has 0 aromatic carbocycles. The van der Waals surface area contributed by atoms with Gasteiger partial charge in [-0.25, -0.2) is 4.98 Å². The predicted octanol–water partition coefficient (Wildman–Crippen LogP) is 2.06. The molecular weight excluding hydrogens is 326 g/mol. The summed E-state index contributed by atoms with van der Waals surface area (Å²) in [5, 5.41) is 7.04. The van der Waals surface area contributed by atoms with Crippen LogP contribution in [0.25, 0.3) is 0 Å². The molecule has 1 atom stereocenters. The van der Waals surface area contributed by atoms with Gasteiger partial charge in [-0.15, -0.1) is 11.3 Å². The van der Waals surface area contributed by atoms with Crippen LogP contribution in [-0.4, -0.2) is 51.5 Å². The highest BCUT2D eigenvalue weighted by Crippen LogP contribution is 2.31. The van der Waals surface area contributed by atoms with Crippen LogP contribution >= 0.6 is 11.3 Å². The summed E-state index contributed by atoms with van der Waals surface area (Å²) in [7, 11) is 3.53. The Balaban J connectivity index is 1.64. The summed E-state index contributed by atoms with van der Waals surface area (Å²) in [5.74, 6) is 1.55. The zero-order valence-electron chi connectivity index (χ0n) is 14.4. The zero-order valence-corrected chi connectivity index (χ0v) is 15.2. The van der Waals surface area contributed by atoms with E-state index in [0.29, 0.717) is 12.3 Å². The van der Waals surface area contributed by atoms with Gasteiger partial charge in [0.15, 0.2) is 5.82 Å². The van der Waals surface area contributed by atoms with E-state index in [1.807, 2.05) is 12.3 Å². The summed E-state index contributed by atoms with van der Waals surface area (Å²) in [6.07, 6.45) is 3.29. The van der Waals surface area contributed by atoms with Crippen LogP contribution in [0, 0.1) is 0 Å². The molecule has 130 valence electrons. The van der Waals surface area contributed by atoms with Crippen LogP contribution in [-0.2, 0) is 24.2 Å². The third-order valence-corrected chi connectivity index (χ3v) is 5.11. The second-order valence-corrected chi connectivity index (χ2v) is 7.17. The van der Waals surface area contributed by atoms with E-state index < -0.39 is 0 Å². The molecular formula is C16H23N5O2S. The monoisotopic (exact) mass is 349 g/mol. The maximum Gasteiger partial charge on any atom is 0.228 e. The fraction of sp³-hybridized carbons (Fsp3) is 0.625. The van der Waals surface area contributed by atoms with Gasteiger partial charge in [-0.05, 0) is 19.4 Å². The van der Waals surface area contributed by atoms with Crippen molar-refractivity contribution in [3.05, 3.63) is 27.8 Å². The lowest BCUT2D eigenvalue weighted by Gasteiger charge is -2.20. The maximum atomic E-state index is 11.8. The van der Waals surface area contributed by atoms with Crippen molar-refractivity contribution in [1.29, 1.82) is 0 Å². The summed E-state index contributed by atoms with van der Waals surface area (Å²) in [4.78, 5) is 24.8. The Hall–Kier alpha value is -1.80. The molecule has 7 nitrogen and oxygen atoms in total. The van der Waals surface area contributed by atoms with Crippen molar-refractivity contribution in [2.75, 3.05) is 20.6 Å². The number of amides is 1. The Kier molecular flexibility index (Phi) is 5.25. The molecule has 1 aliphatic rings. The van der Waals surface area contributed by atoms with E-state index in [-0.39, 0.29) is 11.9 Å². The normalized spacial score (nSPS) is 18.2. The molecule has 0 spiro atoms. The molecule has 1 aliphatic heterocycles. The number of likely N-dealkylation sites (tertiary alicyclic amines) is 1. The molecule has 0 unspecified atom stereocenters. The Bertz CT molecular complexity index is 696. The zero-order chi connectivity index (χ0) is 17.1. The number of aryl methyl sites for hydroxylation is 1. The first-order valence-corrected chi connectivity index (χ1v) is 9.14. The molecule has 1 saturated heterocycles. The van der Waals surface area contributed by atoms with E-state index in [4.69, 9.17) is 4.52 Å². The number of carbonyl (C=O) groups is 1. The molecule has 24 heavy (non-hydrogen) atoms. The van der Waals surface area contributed by atoms with Crippen molar-refractivity contribution < 1.29 is 9.32 Å². The Labute approximate surface area is 145 Å². The Morgan fingerprint density at radius 1 is 1.46 bits per heavy atom. The van der Waals surface area contributed by atoms with E-state index in [2.05, 4.69) is 20.0 Å². The maximum absolute atomic E-state index is 11.8. The Morgan fingerprint density at radius 3 is 3.00 bits per heavy atom. The minimum absolute atomic E-state index is 0.0776. The molecule has 2 aromatic heterocycles. The highest BCUT2D eigenvalue weighted by atomic mass is 32.1. The molecule has 0 saturated carbocycles. The SMILES string of the molecule is CCc1nc([C@@H]2CCCN2Cc2csc(CC(=O)N(C)C)n2)no1. The van der Waals surface area contributed by atoms with Gasteiger partial charge in [0.1, 0.15) is 5.01 Å². The van der Waals surface area contributed by atoms with E-state index in [1.54, 1.807) is 30.3 Å².